The third-order valence-corrected chi connectivity index (χ3v) is 5.40. The Balaban J connectivity index is 1.97. The highest BCUT2D eigenvalue weighted by molar-refractivity contribution is 5.92. The van der Waals surface area contributed by atoms with Gasteiger partial charge in [-0.05, 0) is 52.0 Å². The summed E-state index contributed by atoms with van der Waals surface area (Å²) in [5.41, 5.74) is 1.77. The molecule has 0 atom stereocenters. The SMILES string of the molecule is Cc1ccc2c(N3CC[N+](C(=O)O)(C(C)(C)C)CC3)c(F)ccc2n1. The average molecular weight is 346 g/mol. The van der Waals surface area contributed by atoms with Gasteiger partial charge in [-0.2, -0.15) is 4.79 Å². The number of carboxylic acid groups (broad SMARTS) is 1. The summed E-state index contributed by atoms with van der Waals surface area (Å²) in [4.78, 5) is 18.4. The van der Waals surface area contributed by atoms with Crippen LogP contribution in [0.4, 0.5) is 14.9 Å². The normalized spacial score (nSPS) is 17.7. The molecule has 2 aromatic rings. The van der Waals surface area contributed by atoms with Crippen LogP contribution in [0.5, 0.6) is 0 Å². The highest BCUT2D eigenvalue weighted by Crippen LogP contribution is 2.34. The van der Waals surface area contributed by atoms with Crippen molar-refractivity contribution in [2.75, 3.05) is 31.1 Å². The van der Waals surface area contributed by atoms with Crippen LogP contribution in [-0.2, 0) is 0 Å². The van der Waals surface area contributed by atoms with E-state index < -0.39 is 11.6 Å². The van der Waals surface area contributed by atoms with Crippen molar-refractivity contribution in [2.45, 2.75) is 33.2 Å². The predicted molar refractivity (Wildman–Crippen MR) is 96.4 cm³/mol. The number of pyridine rings is 1. The lowest BCUT2D eigenvalue weighted by molar-refractivity contribution is -0.903. The molecule has 0 unspecified atom stereocenters. The summed E-state index contributed by atoms with van der Waals surface area (Å²) in [7, 11) is 0. The van der Waals surface area contributed by atoms with Crippen LogP contribution >= 0.6 is 0 Å². The fourth-order valence-corrected chi connectivity index (χ4v) is 3.76. The number of halogens is 1. The van der Waals surface area contributed by atoms with Crippen molar-refractivity contribution in [3.05, 3.63) is 35.8 Å². The summed E-state index contributed by atoms with van der Waals surface area (Å²) in [5, 5.41) is 10.6. The van der Waals surface area contributed by atoms with Crippen molar-refractivity contribution >= 4 is 22.7 Å². The van der Waals surface area contributed by atoms with Crippen molar-refractivity contribution in [3.8, 4) is 0 Å². The molecule has 0 aliphatic carbocycles. The monoisotopic (exact) mass is 346 g/mol. The number of amides is 1. The fourth-order valence-electron chi connectivity index (χ4n) is 3.76. The second-order valence-corrected chi connectivity index (χ2v) is 7.77. The van der Waals surface area contributed by atoms with Crippen LogP contribution in [0.3, 0.4) is 0 Å². The average Bonchev–Trinajstić information content (AvgIpc) is 2.54. The Morgan fingerprint density at radius 3 is 2.40 bits per heavy atom. The molecule has 0 radical (unpaired) electrons. The minimum Gasteiger partial charge on any atom is -0.435 e. The number of anilines is 1. The first-order valence-electron chi connectivity index (χ1n) is 8.57. The molecule has 1 amide bonds. The summed E-state index contributed by atoms with van der Waals surface area (Å²) in [6.45, 7) is 9.61. The number of aromatic nitrogens is 1. The Morgan fingerprint density at radius 1 is 1.20 bits per heavy atom. The van der Waals surface area contributed by atoms with E-state index in [1.807, 2.05) is 44.7 Å². The van der Waals surface area contributed by atoms with E-state index in [-0.39, 0.29) is 10.3 Å². The van der Waals surface area contributed by atoms with Crippen LogP contribution in [0, 0.1) is 12.7 Å². The summed E-state index contributed by atoms with van der Waals surface area (Å²) in [6.07, 6.45) is -0.817. The van der Waals surface area contributed by atoms with E-state index in [4.69, 9.17) is 0 Å². The first-order valence-corrected chi connectivity index (χ1v) is 8.57. The molecule has 2 heterocycles. The zero-order chi connectivity index (χ0) is 18.4. The number of piperazine rings is 1. The first kappa shape index (κ1) is 17.6. The molecule has 1 aliphatic rings. The number of benzene rings is 1. The third kappa shape index (κ3) is 2.84. The van der Waals surface area contributed by atoms with Gasteiger partial charge in [0, 0.05) is 11.1 Å². The molecule has 0 bridgehead atoms. The van der Waals surface area contributed by atoms with E-state index in [2.05, 4.69) is 4.98 Å². The number of hydrogen-bond donors (Lipinski definition) is 1. The van der Waals surface area contributed by atoms with Crippen molar-refractivity contribution in [1.29, 1.82) is 0 Å². The van der Waals surface area contributed by atoms with Crippen LogP contribution < -0.4 is 4.90 Å². The van der Waals surface area contributed by atoms with Crippen molar-refractivity contribution < 1.29 is 18.8 Å². The lowest BCUT2D eigenvalue weighted by Gasteiger charge is -2.48. The Morgan fingerprint density at radius 2 is 1.84 bits per heavy atom. The number of fused-ring (bicyclic) bond motifs is 1. The van der Waals surface area contributed by atoms with Gasteiger partial charge in [0.15, 0.2) is 0 Å². The zero-order valence-electron chi connectivity index (χ0n) is 15.2. The van der Waals surface area contributed by atoms with E-state index in [1.165, 1.54) is 6.07 Å². The molecule has 1 saturated heterocycles. The van der Waals surface area contributed by atoms with Crippen LogP contribution in [0.2, 0.25) is 0 Å². The first-order chi connectivity index (χ1) is 11.7. The van der Waals surface area contributed by atoms with E-state index >= 15 is 0 Å². The van der Waals surface area contributed by atoms with Gasteiger partial charge in [0.1, 0.15) is 24.4 Å². The molecular formula is C19H25FN3O2+. The number of rotatable bonds is 1. The number of nitrogens with zero attached hydrogens (tertiary/aromatic N) is 3. The summed E-state index contributed by atoms with van der Waals surface area (Å²) in [5.74, 6) is -0.288. The molecule has 0 saturated carbocycles. The van der Waals surface area contributed by atoms with Crippen LogP contribution in [0.25, 0.3) is 10.9 Å². The molecule has 6 heteroatoms. The quantitative estimate of drug-likeness (QED) is 0.798. The summed E-state index contributed by atoms with van der Waals surface area (Å²) in [6, 6.07) is 6.91. The van der Waals surface area contributed by atoms with Crippen molar-refractivity contribution in [3.63, 3.8) is 0 Å². The maximum atomic E-state index is 14.6. The van der Waals surface area contributed by atoms with Gasteiger partial charge in [-0.25, -0.2) is 8.87 Å². The second kappa shape index (κ2) is 5.95. The standard InChI is InChI=1S/C19H24FN3O2/c1-13-5-6-14-16(21-13)8-7-15(20)17(14)22-9-11-23(12-10-22,18(24)25)19(2,3)4/h5-8H,9-12H2,1-4H3/p+1. The molecule has 5 nitrogen and oxygen atoms in total. The molecule has 0 spiro atoms. The molecule has 25 heavy (non-hydrogen) atoms. The molecule has 134 valence electrons. The minimum atomic E-state index is -0.817. The molecule has 1 fully saturated rings. The number of quaternary nitrogens is 1. The van der Waals surface area contributed by atoms with Gasteiger partial charge in [-0.15, -0.1) is 0 Å². The predicted octanol–water partition coefficient (Wildman–Crippen LogP) is 3.80. The van der Waals surface area contributed by atoms with E-state index in [0.717, 1.165) is 16.6 Å². The van der Waals surface area contributed by atoms with Gasteiger partial charge in [-0.3, -0.25) is 4.98 Å². The largest absolute Gasteiger partial charge is 0.514 e. The Kier molecular flexibility index (Phi) is 4.19. The fraction of sp³-hybridized carbons (Fsp3) is 0.474. The third-order valence-electron chi connectivity index (χ3n) is 5.40. The van der Waals surface area contributed by atoms with E-state index in [1.54, 1.807) is 6.07 Å². The number of hydrogen-bond acceptors (Lipinski definition) is 3. The highest BCUT2D eigenvalue weighted by atomic mass is 19.1. The zero-order valence-corrected chi connectivity index (χ0v) is 15.2. The topological polar surface area (TPSA) is 53.4 Å². The van der Waals surface area contributed by atoms with Gasteiger partial charge >= 0.3 is 6.09 Å². The Bertz CT molecular complexity index is 821. The molecule has 1 aromatic carbocycles. The molecule has 3 rings (SSSR count). The van der Waals surface area contributed by atoms with Gasteiger partial charge < -0.3 is 10.0 Å². The second-order valence-electron chi connectivity index (χ2n) is 7.77. The summed E-state index contributed by atoms with van der Waals surface area (Å²) >= 11 is 0. The van der Waals surface area contributed by atoms with Crippen molar-refractivity contribution in [1.82, 2.24) is 4.98 Å². The Hall–Kier alpha value is -2.21. The van der Waals surface area contributed by atoms with Gasteiger partial charge in [0.05, 0.1) is 24.3 Å². The van der Waals surface area contributed by atoms with E-state index in [0.29, 0.717) is 31.9 Å². The lowest BCUT2D eigenvalue weighted by Crippen LogP contribution is -2.70. The number of aryl methyl sites for hydroxylation is 1. The highest BCUT2D eigenvalue weighted by Gasteiger charge is 2.50. The molecule has 1 aromatic heterocycles. The molecular weight excluding hydrogens is 321 g/mol. The maximum Gasteiger partial charge on any atom is 0.514 e. The number of carbonyl (C=O) groups is 1. The lowest BCUT2D eigenvalue weighted by atomic mass is 9.99. The minimum absolute atomic E-state index is 0.00670. The Labute approximate surface area is 147 Å². The van der Waals surface area contributed by atoms with Gasteiger partial charge in [-0.1, -0.05) is 0 Å². The van der Waals surface area contributed by atoms with Crippen molar-refractivity contribution in [2.24, 2.45) is 0 Å². The van der Waals surface area contributed by atoms with Crippen LogP contribution in [0.15, 0.2) is 24.3 Å². The molecule has 1 N–H and O–H groups in total. The summed E-state index contributed by atoms with van der Waals surface area (Å²) < 4.78 is 14.6. The molecule has 1 aliphatic heterocycles. The maximum absolute atomic E-state index is 14.6. The van der Waals surface area contributed by atoms with Gasteiger partial charge in [0.2, 0.25) is 0 Å². The van der Waals surface area contributed by atoms with E-state index in [9.17, 15) is 14.3 Å². The smallest absolute Gasteiger partial charge is 0.435 e. The van der Waals surface area contributed by atoms with Crippen LogP contribution in [0.1, 0.15) is 26.5 Å². The van der Waals surface area contributed by atoms with Gasteiger partial charge in [0.25, 0.3) is 0 Å². The van der Waals surface area contributed by atoms with Crippen LogP contribution in [-0.4, -0.2) is 52.4 Å².